The Bertz CT molecular complexity index is 209. The van der Waals surface area contributed by atoms with Crippen molar-refractivity contribution in [2.75, 3.05) is 0 Å². The van der Waals surface area contributed by atoms with Gasteiger partial charge in [0.15, 0.2) is 0 Å². The molecule has 0 aromatic carbocycles. The lowest BCUT2D eigenvalue weighted by Crippen LogP contribution is -2.13. The van der Waals surface area contributed by atoms with Crippen molar-refractivity contribution in [2.24, 2.45) is 5.92 Å². The van der Waals surface area contributed by atoms with Gasteiger partial charge in [-0.2, -0.15) is 0 Å². The zero-order valence-electron chi connectivity index (χ0n) is 9.45. The Morgan fingerprint density at radius 3 is 2.40 bits per heavy atom. The van der Waals surface area contributed by atoms with Crippen LogP contribution in [0.15, 0.2) is 12.2 Å². The second-order valence-electron chi connectivity index (χ2n) is 4.43. The third kappa shape index (κ3) is 5.60. The van der Waals surface area contributed by atoms with Crippen LogP contribution in [0.25, 0.3) is 0 Å². The number of aliphatic carboxylic acids is 1. The molecule has 1 N–H and O–H groups in total. The van der Waals surface area contributed by atoms with Gasteiger partial charge in [0, 0.05) is 0 Å². The Kier molecular flexibility index (Phi) is 6.14. The highest BCUT2D eigenvalue weighted by molar-refractivity contribution is 5.69. The average Bonchev–Trinajstić information content (AvgIpc) is 2.18. The Hall–Kier alpha value is -0.790. The van der Waals surface area contributed by atoms with E-state index < -0.39 is 5.97 Å². The van der Waals surface area contributed by atoms with Crippen LogP contribution in [0.2, 0.25) is 0 Å². The second-order valence-corrected chi connectivity index (χ2v) is 4.43. The van der Waals surface area contributed by atoms with E-state index in [0.29, 0.717) is 0 Å². The first-order valence-electron chi connectivity index (χ1n) is 6.18. The van der Waals surface area contributed by atoms with Crippen molar-refractivity contribution in [1.82, 2.24) is 0 Å². The summed E-state index contributed by atoms with van der Waals surface area (Å²) >= 11 is 0. The first-order valence-corrected chi connectivity index (χ1v) is 6.18. The molecule has 0 saturated heterocycles. The number of allylic oxidation sites excluding steroid dienone is 2. The fraction of sp³-hybridized carbons (Fsp3) is 0.769. The van der Waals surface area contributed by atoms with Gasteiger partial charge >= 0.3 is 5.97 Å². The molecule has 1 atom stereocenters. The van der Waals surface area contributed by atoms with Crippen LogP contribution in [0, 0.1) is 5.92 Å². The molecule has 0 saturated carbocycles. The van der Waals surface area contributed by atoms with Gasteiger partial charge < -0.3 is 5.11 Å². The molecule has 0 bridgehead atoms. The lowest BCUT2D eigenvalue weighted by molar-refractivity contribution is -0.142. The minimum absolute atomic E-state index is 0.117. The van der Waals surface area contributed by atoms with E-state index in [-0.39, 0.29) is 5.92 Å². The number of rotatable bonds is 1. The summed E-state index contributed by atoms with van der Waals surface area (Å²) in [6, 6.07) is 0. The topological polar surface area (TPSA) is 37.3 Å². The first-order chi connectivity index (χ1) is 7.30. The van der Waals surface area contributed by atoms with E-state index in [1.54, 1.807) is 0 Å². The van der Waals surface area contributed by atoms with Crippen LogP contribution < -0.4 is 0 Å². The molecule has 2 heteroatoms. The molecule has 1 aliphatic rings. The van der Waals surface area contributed by atoms with Crippen molar-refractivity contribution in [3.63, 3.8) is 0 Å². The Balaban J connectivity index is 2.38. The predicted molar refractivity (Wildman–Crippen MR) is 61.8 cm³/mol. The number of carbonyl (C=O) groups is 1. The maximum Gasteiger partial charge on any atom is 0.306 e. The summed E-state index contributed by atoms with van der Waals surface area (Å²) in [5, 5.41) is 9.02. The summed E-state index contributed by atoms with van der Waals surface area (Å²) in [6.45, 7) is 0. The van der Waals surface area contributed by atoms with E-state index in [4.69, 9.17) is 5.11 Å². The summed E-state index contributed by atoms with van der Waals surface area (Å²) in [7, 11) is 0. The minimum atomic E-state index is -0.611. The van der Waals surface area contributed by atoms with Crippen molar-refractivity contribution >= 4 is 5.97 Å². The van der Waals surface area contributed by atoms with Gasteiger partial charge in [-0.1, -0.05) is 37.8 Å². The second kappa shape index (κ2) is 7.49. The molecule has 15 heavy (non-hydrogen) atoms. The lowest BCUT2D eigenvalue weighted by atomic mass is 9.95. The molecule has 0 heterocycles. The van der Waals surface area contributed by atoms with Crippen molar-refractivity contribution in [3.8, 4) is 0 Å². The monoisotopic (exact) mass is 210 g/mol. The highest BCUT2D eigenvalue weighted by atomic mass is 16.4. The van der Waals surface area contributed by atoms with Crippen molar-refractivity contribution in [1.29, 1.82) is 0 Å². The third-order valence-corrected chi connectivity index (χ3v) is 3.12. The van der Waals surface area contributed by atoms with E-state index in [1.807, 2.05) is 0 Å². The molecule has 0 fully saturated rings. The molecule has 86 valence electrons. The van der Waals surface area contributed by atoms with Gasteiger partial charge in [0.1, 0.15) is 0 Å². The Labute approximate surface area is 92.4 Å². The average molecular weight is 210 g/mol. The number of hydrogen-bond donors (Lipinski definition) is 1. The lowest BCUT2D eigenvalue weighted by Gasteiger charge is -2.11. The molecule has 1 unspecified atom stereocenters. The summed E-state index contributed by atoms with van der Waals surface area (Å²) < 4.78 is 0. The van der Waals surface area contributed by atoms with E-state index in [9.17, 15) is 4.79 Å². The van der Waals surface area contributed by atoms with Crippen molar-refractivity contribution in [3.05, 3.63) is 12.2 Å². The van der Waals surface area contributed by atoms with Crippen LogP contribution in [0.4, 0.5) is 0 Å². The Morgan fingerprint density at radius 2 is 1.60 bits per heavy atom. The summed E-state index contributed by atoms with van der Waals surface area (Å²) in [5.74, 6) is -0.727. The van der Waals surface area contributed by atoms with Gasteiger partial charge in [0.25, 0.3) is 0 Å². The minimum Gasteiger partial charge on any atom is -0.481 e. The molecule has 0 radical (unpaired) electrons. The largest absolute Gasteiger partial charge is 0.481 e. The molecule has 0 aromatic rings. The van der Waals surface area contributed by atoms with Crippen LogP contribution in [0.1, 0.15) is 57.8 Å². The Morgan fingerprint density at radius 1 is 0.933 bits per heavy atom. The van der Waals surface area contributed by atoms with E-state index >= 15 is 0 Å². The van der Waals surface area contributed by atoms with Gasteiger partial charge in [0.2, 0.25) is 0 Å². The zero-order valence-corrected chi connectivity index (χ0v) is 9.45. The molecular weight excluding hydrogens is 188 g/mol. The van der Waals surface area contributed by atoms with Gasteiger partial charge in [-0.15, -0.1) is 0 Å². The fourth-order valence-electron chi connectivity index (χ4n) is 2.11. The molecule has 0 aliphatic heterocycles. The SMILES string of the molecule is O=C(O)C1CC/C=C\CCCCCCC1. The molecule has 0 spiro atoms. The van der Waals surface area contributed by atoms with E-state index in [1.165, 1.54) is 25.7 Å². The number of carboxylic acid groups (broad SMARTS) is 1. The molecular formula is C13H22O2. The smallest absolute Gasteiger partial charge is 0.306 e. The summed E-state index contributed by atoms with van der Waals surface area (Å²) in [4.78, 5) is 10.9. The predicted octanol–water partition coefficient (Wildman–Crippen LogP) is 3.77. The normalized spacial score (nSPS) is 27.3. The van der Waals surface area contributed by atoms with Crippen molar-refractivity contribution in [2.45, 2.75) is 57.8 Å². The molecule has 0 amide bonds. The molecule has 1 rings (SSSR count). The van der Waals surface area contributed by atoms with Gasteiger partial charge in [-0.25, -0.2) is 0 Å². The van der Waals surface area contributed by atoms with E-state index in [2.05, 4.69) is 12.2 Å². The van der Waals surface area contributed by atoms with Crippen LogP contribution >= 0.6 is 0 Å². The third-order valence-electron chi connectivity index (χ3n) is 3.12. The van der Waals surface area contributed by atoms with Crippen molar-refractivity contribution < 1.29 is 9.90 Å². The molecule has 1 aliphatic carbocycles. The van der Waals surface area contributed by atoms with Gasteiger partial charge in [-0.3, -0.25) is 4.79 Å². The van der Waals surface area contributed by atoms with Crippen LogP contribution in [-0.2, 0) is 4.79 Å². The molecule has 0 aromatic heterocycles. The number of hydrogen-bond acceptors (Lipinski definition) is 1. The summed E-state index contributed by atoms with van der Waals surface area (Å²) in [6.07, 6.45) is 14.3. The quantitative estimate of drug-likeness (QED) is 0.669. The maximum atomic E-state index is 10.9. The van der Waals surface area contributed by atoms with Crippen LogP contribution in [0.3, 0.4) is 0 Å². The fourth-order valence-corrected chi connectivity index (χ4v) is 2.11. The maximum absolute atomic E-state index is 10.9. The van der Waals surface area contributed by atoms with Gasteiger partial charge in [-0.05, 0) is 32.1 Å². The van der Waals surface area contributed by atoms with Gasteiger partial charge in [0.05, 0.1) is 5.92 Å². The first kappa shape index (κ1) is 12.3. The summed E-state index contributed by atoms with van der Waals surface area (Å²) in [5.41, 5.74) is 0. The van der Waals surface area contributed by atoms with E-state index in [0.717, 1.165) is 32.1 Å². The van der Waals surface area contributed by atoms with Crippen LogP contribution in [-0.4, -0.2) is 11.1 Å². The zero-order chi connectivity index (χ0) is 10.9. The highest BCUT2D eigenvalue weighted by Crippen LogP contribution is 2.18. The number of carboxylic acids is 1. The standard InChI is InChI=1S/C13H22O2/c14-13(15)12-10-8-6-4-2-1-3-5-7-9-11-12/h4,6,12H,1-3,5,7-11H2,(H,14,15)/b6-4-. The molecule has 2 nitrogen and oxygen atoms in total. The van der Waals surface area contributed by atoms with Crippen LogP contribution in [0.5, 0.6) is 0 Å². The highest BCUT2D eigenvalue weighted by Gasteiger charge is 2.15.